The van der Waals surface area contributed by atoms with Gasteiger partial charge in [0.15, 0.2) is 0 Å². The topological polar surface area (TPSA) is 36.4 Å². The van der Waals surface area contributed by atoms with Crippen molar-refractivity contribution in [2.75, 3.05) is 11.4 Å². The number of aliphatic hydroxyl groups is 1. The number of aromatic nitrogens is 1. The van der Waals surface area contributed by atoms with Crippen molar-refractivity contribution in [2.24, 2.45) is 0 Å². The molecule has 1 aromatic heterocycles. The zero-order chi connectivity index (χ0) is 13.2. The highest BCUT2D eigenvalue weighted by atomic mass is 16.3. The third kappa shape index (κ3) is 2.47. The molecular weight excluding hydrogens is 236 g/mol. The standard InChI is InChI=1S/C16H18N2O/c1-12(19)16-7-6-15(10-17-16)18-9-8-13-4-2-3-5-14(13)11-18/h2-7,10,12,19H,8-9,11H2,1H3/t12-/m0/s1. The van der Waals surface area contributed by atoms with Crippen molar-refractivity contribution in [1.29, 1.82) is 0 Å². The van der Waals surface area contributed by atoms with E-state index in [2.05, 4.69) is 34.1 Å². The molecule has 2 heterocycles. The predicted octanol–water partition coefficient (Wildman–Crippen LogP) is 2.70. The molecule has 3 rings (SSSR count). The molecule has 1 aliphatic rings. The van der Waals surface area contributed by atoms with Gasteiger partial charge in [0.25, 0.3) is 0 Å². The Morgan fingerprint density at radius 2 is 1.95 bits per heavy atom. The van der Waals surface area contributed by atoms with Crippen molar-refractivity contribution < 1.29 is 5.11 Å². The first-order valence-corrected chi connectivity index (χ1v) is 6.70. The third-order valence-corrected chi connectivity index (χ3v) is 3.69. The Labute approximate surface area is 113 Å². The maximum Gasteiger partial charge on any atom is 0.0931 e. The van der Waals surface area contributed by atoms with Crippen molar-refractivity contribution >= 4 is 5.69 Å². The number of hydrogen-bond donors (Lipinski definition) is 1. The Morgan fingerprint density at radius 3 is 2.63 bits per heavy atom. The van der Waals surface area contributed by atoms with Crippen molar-refractivity contribution in [2.45, 2.75) is 26.0 Å². The summed E-state index contributed by atoms with van der Waals surface area (Å²) < 4.78 is 0. The summed E-state index contributed by atoms with van der Waals surface area (Å²) in [5, 5.41) is 9.48. The quantitative estimate of drug-likeness (QED) is 0.895. The number of rotatable bonds is 2. The molecule has 0 spiro atoms. The van der Waals surface area contributed by atoms with E-state index < -0.39 is 6.10 Å². The SMILES string of the molecule is C[C@H](O)c1ccc(N2CCc3ccccc3C2)cn1. The Kier molecular flexibility index (Phi) is 3.22. The van der Waals surface area contributed by atoms with Crippen LogP contribution >= 0.6 is 0 Å². The molecular formula is C16H18N2O. The van der Waals surface area contributed by atoms with Gasteiger partial charge in [0.05, 0.1) is 23.7 Å². The second kappa shape index (κ2) is 5.02. The molecule has 0 aliphatic carbocycles. The summed E-state index contributed by atoms with van der Waals surface area (Å²) in [7, 11) is 0. The Morgan fingerprint density at radius 1 is 1.16 bits per heavy atom. The molecule has 0 saturated heterocycles. The van der Waals surface area contributed by atoms with E-state index >= 15 is 0 Å². The number of anilines is 1. The number of hydrogen-bond acceptors (Lipinski definition) is 3. The summed E-state index contributed by atoms with van der Waals surface area (Å²) in [5.74, 6) is 0. The van der Waals surface area contributed by atoms with Gasteiger partial charge in [-0.1, -0.05) is 24.3 Å². The van der Waals surface area contributed by atoms with Crippen molar-refractivity contribution in [1.82, 2.24) is 4.98 Å². The second-order valence-corrected chi connectivity index (χ2v) is 5.06. The summed E-state index contributed by atoms with van der Waals surface area (Å²) in [6.45, 7) is 3.69. The van der Waals surface area contributed by atoms with Crippen LogP contribution < -0.4 is 4.90 Å². The zero-order valence-electron chi connectivity index (χ0n) is 11.1. The molecule has 1 aromatic carbocycles. The van der Waals surface area contributed by atoms with Crippen LogP contribution in [0, 0.1) is 0 Å². The number of nitrogens with zero attached hydrogens (tertiary/aromatic N) is 2. The van der Waals surface area contributed by atoms with Gasteiger partial charge in [0, 0.05) is 13.1 Å². The van der Waals surface area contributed by atoms with Gasteiger partial charge in [0.2, 0.25) is 0 Å². The van der Waals surface area contributed by atoms with Crippen LogP contribution in [0.3, 0.4) is 0 Å². The minimum atomic E-state index is -0.504. The summed E-state index contributed by atoms with van der Waals surface area (Å²) in [6, 6.07) is 12.6. The summed E-state index contributed by atoms with van der Waals surface area (Å²) in [5.41, 5.74) is 4.70. The maximum absolute atomic E-state index is 9.48. The highest BCUT2D eigenvalue weighted by molar-refractivity contribution is 5.48. The van der Waals surface area contributed by atoms with E-state index in [9.17, 15) is 5.11 Å². The fourth-order valence-electron chi connectivity index (χ4n) is 2.55. The van der Waals surface area contributed by atoms with Crippen molar-refractivity contribution in [3.63, 3.8) is 0 Å². The lowest BCUT2D eigenvalue weighted by molar-refractivity contribution is 0.194. The van der Waals surface area contributed by atoms with E-state index in [1.807, 2.05) is 18.3 Å². The Balaban J connectivity index is 1.81. The van der Waals surface area contributed by atoms with Crippen LogP contribution in [-0.2, 0) is 13.0 Å². The average Bonchev–Trinajstić information content (AvgIpc) is 2.47. The first kappa shape index (κ1) is 12.2. The molecule has 3 nitrogen and oxygen atoms in total. The molecule has 19 heavy (non-hydrogen) atoms. The van der Waals surface area contributed by atoms with E-state index in [4.69, 9.17) is 0 Å². The van der Waals surface area contributed by atoms with Gasteiger partial charge in [-0.25, -0.2) is 0 Å². The maximum atomic E-state index is 9.48. The molecule has 2 aromatic rings. The molecule has 0 radical (unpaired) electrons. The smallest absolute Gasteiger partial charge is 0.0931 e. The fourth-order valence-corrected chi connectivity index (χ4v) is 2.55. The van der Waals surface area contributed by atoms with Gasteiger partial charge in [-0.05, 0) is 36.6 Å². The highest BCUT2D eigenvalue weighted by Crippen LogP contribution is 2.24. The minimum Gasteiger partial charge on any atom is -0.387 e. The van der Waals surface area contributed by atoms with E-state index in [1.165, 1.54) is 11.1 Å². The van der Waals surface area contributed by atoms with Crippen LogP contribution in [0.15, 0.2) is 42.6 Å². The van der Waals surface area contributed by atoms with Gasteiger partial charge >= 0.3 is 0 Å². The monoisotopic (exact) mass is 254 g/mol. The van der Waals surface area contributed by atoms with Gasteiger partial charge in [-0.2, -0.15) is 0 Å². The van der Waals surface area contributed by atoms with E-state index in [0.717, 1.165) is 30.9 Å². The lowest BCUT2D eigenvalue weighted by atomic mass is 9.99. The largest absolute Gasteiger partial charge is 0.387 e. The van der Waals surface area contributed by atoms with Crippen molar-refractivity contribution in [3.05, 3.63) is 59.4 Å². The van der Waals surface area contributed by atoms with Gasteiger partial charge in [-0.3, -0.25) is 4.98 Å². The summed E-state index contributed by atoms with van der Waals surface area (Å²) in [6.07, 6.45) is 2.43. The molecule has 0 amide bonds. The molecule has 1 aliphatic heterocycles. The first-order valence-electron chi connectivity index (χ1n) is 6.70. The molecule has 3 heteroatoms. The van der Waals surface area contributed by atoms with Gasteiger partial charge < -0.3 is 10.0 Å². The van der Waals surface area contributed by atoms with Crippen LogP contribution in [0.1, 0.15) is 29.8 Å². The van der Waals surface area contributed by atoms with E-state index in [1.54, 1.807) is 6.92 Å². The molecule has 0 bridgehead atoms. The van der Waals surface area contributed by atoms with Crippen LogP contribution in [0.2, 0.25) is 0 Å². The summed E-state index contributed by atoms with van der Waals surface area (Å²) >= 11 is 0. The zero-order valence-corrected chi connectivity index (χ0v) is 11.1. The molecule has 98 valence electrons. The molecule has 0 saturated carbocycles. The van der Waals surface area contributed by atoms with Gasteiger partial charge in [-0.15, -0.1) is 0 Å². The van der Waals surface area contributed by atoms with Crippen LogP contribution in [0.25, 0.3) is 0 Å². The fraction of sp³-hybridized carbons (Fsp3) is 0.312. The molecule has 0 fully saturated rings. The minimum absolute atomic E-state index is 0.504. The predicted molar refractivity (Wildman–Crippen MR) is 76.1 cm³/mol. The van der Waals surface area contributed by atoms with Crippen LogP contribution in [-0.4, -0.2) is 16.6 Å². The summed E-state index contributed by atoms with van der Waals surface area (Å²) in [4.78, 5) is 6.65. The van der Waals surface area contributed by atoms with E-state index in [0.29, 0.717) is 0 Å². The number of fused-ring (bicyclic) bond motifs is 1. The Hall–Kier alpha value is -1.87. The molecule has 0 unspecified atom stereocenters. The third-order valence-electron chi connectivity index (χ3n) is 3.69. The number of pyridine rings is 1. The highest BCUT2D eigenvalue weighted by Gasteiger charge is 2.16. The lowest BCUT2D eigenvalue weighted by Gasteiger charge is -2.30. The van der Waals surface area contributed by atoms with Crippen molar-refractivity contribution in [3.8, 4) is 0 Å². The van der Waals surface area contributed by atoms with Gasteiger partial charge in [0.1, 0.15) is 0 Å². The average molecular weight is 254 g/mol. The van der Waals surface area contributed by atoms with E-state index in [-0.39, 0.29) is 0 Å². The molecule has 1 N–H and O–H groups in total. The molecule has 1 atom stereocenters. The number of aliphatic hydroxyl groups excluding tert-OH is 1. The lowest BCUT2D eigenvalue weighted by Crippen LogP contribution is -2.30. The normalized spacial score (nSPS) is 16.0. The second-order valence-electron chi connectivity index (χ2n) is 5.06. The first-order chi connectivity index (χ1) is 9.24. The Bertz CT molecular complexity index is 563. The number of benzene rings is 1. The van der Waals surface area contributed by atoms with Crippen LogP contribution in [0.4, 0.5) is 5.69 Å². The van der Waals surface area contributed by atoms with Crippen LogP contribution in [0.5, 0.6) is 0 Å².